The van der Waals surface area contributed by atoms with E-state index in [9.17, 15) is 25.5 Å². The van der Waals surface area contributed by atoms with Crippen molar-refractivity contribution >= 4 is 0 Å². The molecule has 1 aliphatic carbocycles. The van der Waals surface area contributed by atoms with Crippen LogP contribution in [0.15, 0.2) is 11.6 Å². The third-order valence-corrected chi connectivity index (χ3v) is 3.29. The van der Waals surface area contributed by atoms with E-state index in [0.717, 1.165) is 0 Å². The summed E-state index contributed by atoms with van der Waals surface area (Å²) in [5.41, 5.74) is -2.19. The van der Waals surface area contributed by atoms with Crippen molar-refractivity contribution in [3.8, 4) is 0 Å². The Hall–Kier alpha value is -0.460. The van der Waals surface area contributed by atoms with Gasteiger partial charge < -0.3 is 25.5 Å². The van der Waals surface area contributed by atoms with Crippen molar-refractivity contribution in [2.24, 2.45) is 0 Å². The average Bonchev–Trinajstić information content (AvgIpc) is 2.11. The molecule has 0 heterocycles. The molecule has 5 nitrogen and oxygen atoms in total. The zero-order valence-electron chi connectivity index (χ0n) is 10.5. The Labute approximate surface area is 101 Å². The minimum Gasteiger partial charge on any atom is -0.390 e. The normalized spacial score (nSPS) is 36.6. The molecular weight excluding hydrogens is 224 g/mol. The van der Waals surface area contributed by atoms with Gasteiger partial charge in [0.1, 0.15) is 6.10 Å². The van der Waals surface area contributed by atoms with Crippen LogP contribution >= 0.6 is 0 Å². The number of aliphatic hydroxyl groups excluding tert-OH is 3. The monoisotopic (exact) mass is 246 g/mol. The topological polar surface area (TPSA) is 101 Å². The predicted molar refractivity (Wildman–Crippen MR) is 62.3 cm³/mol. The Kier molecular flexibility index (Phi) is 4.01. The first kappa shape index (κ1) is 14.6. The lowest BCUT2D eigenvalue weighted by Gasteiger charge is -2.37. The fourth-order valence-corrected chi connectivity index (χ4v) is 1.81. The molecule has 100 valence electrons. The SMILES string of the molecule is CC(C)(O)C(O)CC1=CC(O)C(C)(O)CC1O. The summed E-state index contributed by atoms with van der Waals surface area (Å²) in [6.45, 7) is 4.39. The summed E-state index contributed by atoms with van der Waals surface area (Å²) < 4.78 is 0. The molecule has 0 saturated heterocycles. The largest absolute Gasteiger partial charge is 0.390 e. The predicted octanol–water partition coefficient (Wildman–Crippen LogP) is -0.689. The number of hydrogen-bond acceptors (Lipinski definition) is 5. The summed E-state index contributed by atoms with van der Waals surface area (Å²) in [5, 5.41) is 48.5. The first-order valence-electron chi connectivity index (χ1n) is 5.73. The molecule has 0 saturated carbocycles. The molecule has 1 aliphatic rings. The van der Waals surface area contributed by atoms with E-state index >= 15 is 0 Å². The molecule has 0 bridgehead atoms. The second kappa shape index (κ2) is 4.66. The summed E-state index contributed by atoms with van der Waals surface area (Å²) in [7, 11) is 0. The Morgan fingerprint density at radius 1 is 1.47 bits per heavy atom. The smallest absolute Gasteiger partial charge is 0.101 e. The number of rotatable bonds is 3. The zero-order chi connectivity index (χ0) is 13.4. The Balaban J connectivity index is 2.79. The van der Waals surface area contributed by atoms with Crippen molar-refractivity contribution in [1.82, 2.24) is 0 Å². The minimum absolute atomic E-state index is 0.0125. The van der Waals surface area contributed by atoms with Gasteiger partial charge in [-0.05, 0) is 32.8 Å². The first-order chi connectivity index (χ1) is 7.54. The molecule has 17 heavy (non-hydrogen) atoms. The van der Waals surface area contributed by atoms with Crippen molar-refractivity contribution in [1.29, 1.82) is 0 Å². The second-order valence-corrected chi connectivity index (χ2v) is 5.64. The van der Waals surface area contributed by atoms with Crippen LogP contribution in [0.25, 0.3) is 0 Å². The van der Waals surface area contributed by atoms with Gasteiger partial charge in [0.2, 0.25) is 0 Å². The Bertz CT molecular complexity index is 303. The van der Waals surface area contributed by atoms with Gasteiger partial charge in [0.15, 0.2) is 0 Å². The lowest BCUT2D eigenvalue weighted by molar-refractivity contribution is -0.0783. The van der Waals surface area contributed by atoms with Gasteiger partial charge in [-0.15, -0.1) is 0 Å². The molecule has 0 aromatic carbocycles. The van der Waals surface area contributed by atoms with E-state index in [1.807, 2.05) is 0 Å². The van der Waals surface area contributed by atoms with Gasteiger partial charge in [0, 0.05) is 6.42 Å². The highest BCUT2D eigenvalue weighted by molar-refractivity contribution is 5.20. The lowest BCUT2D eigenvalue weighted by atomic mass is 9.80. The van der Waals surface area contributed by atoms with Crippen LogP contribution in [0.2, 0.25) is 0 Å². The highest BCUT2D eigenvalue weighted by Gasteiger charge is 2.38. The quantitative estimate of drug-likeness (QED) is 0.424. The van der Waals surface area contributed by atoms with Gasteiger partial charge in [0.05, 0.1) is 23.4 Å². The summed E-state index contributed by atoms with van der Waals surface area (Å²) in [5.74, 6) is 0. The Morgan fingerprint density at radius 2 is 2.00 bits per heavy atom. The van der Waals surface area contributed by atoms with E-state index < -0.39 is 29.5 Å². The highest BCUT2D eigenvalue weighted by atomic mass is 16.3. The molecule has 0 radical (unpaired) electrons. The molecule has 0 aromatic rings. The van der Waals surface area contributed by atoms with Gasteiger partial charge in [-0.3, -0.25) is 0 Å². The van der Waals surface area contributed by atoms with Gasteiger partial charge in [0.25, 0.3) is 0 Å². The number of aliphatic hydroxyl groups is 5. The molecule has 0 aromatic heterocycles. The van der Waals surface area contributed by atoms with E-state index in [4.69, 9.17) is 0 Å². The number of hydrogen-bond donors (Lipinski definition) is 5. The van der Waals surface area contributed by atoms with E-state index in [1.54, 1.807) is 0 Å². The highest BCUT2D eigenvalue weighted by Crippen LogP contribution is 2.31. The van der Waals surface area contributed by atoms with Crippen LogP contribution in [-0.2, 0) is 0 Å². The van der Waals surface area contributed by atoms with E-state index in [1.165, 1.54) is 26.8 Å². The minimum atomic E-state index is -1.36. The fourth-order valence-electron chi connectivity index (χ4n) is 1.81. The van der Waals surface area contributed by atoms with Gasteiger partial charge in [-0.25, -0.2) is 0 Å². The molecule has 4 unspecified atom stereocenters. The van der Waals surface area contributed by atoms with Crippen LogP contribution in [0.1, 0.15) is 33.6 Å². The van der Waals surface area contributed by atoms with Gasteiger partial charge in [-0.2, -0.15) is 0 Å². The maximum absolute atomic E-state index is 9.80. The summed E-state index contributed by atoms with van der Waals surface area (Å²) in [4.78, 5) is 0. The van der Waals surface area contributed by atoms with E-state index in [-0.39, 0.29) is 12.8 Å². The van der Waals surface area contributed by atoms with Crippen molar-refractivity contribution < 1.29 is 25.5 Å². The van der Waals surface area contributed by atoms with Crippen molar-refractivity contribution in [2.75, 3.05) is 0 Å². The van der Waals surface area contributed by atoms with Gasteiger partial charge in [-0.1, -0.05) is 6.08 Å². The van der Waals surface area contributed by atoms with Gasteiger partial charge >= 0.3 is 0 Å². The molecule has 0 fully saturated rings. The van der Waals surface area contributed by atoms with Crippen molar-refractivity contribution in [3.63, 3.8) is 0 Å². The molecule has 1 rings (SSSR count). The van der Waals surface area contributed by atoms with Crippen LogP contribution in [0.5, 0.6) is 0 Å². The lowest BCUT2D eigenvalue weighted by Crippen LogP contribution is -2.46. The molecule has 0 amide bonds. The fraction of sp³-hybridized carbons (Fsp3) is 0.833. The molecule has 0 aliphatic heterocycles. The summed E-state index contributed by atoms with van der Waals surface area (Å²) in [6, 6.07) is 0. The second-order valence-electron chi connectivity index (χ2n) is 5.64. The van der Waals surface area contributed by atoms with Crippen molar-refractivity contribution in [2.45, 2.75) is 63.1 Å². The maximum atomic E-state index is 9.80. The van der Waals surface area contributed by atoms with Crippen LogP contribution in [0.3, 0.4) is 0 Å². The third-order valence-electron chi connectivity index (χ3n) is 3.29. The Morgan fingerprint density at radius 3 is 2.47 bits per heavy atom. The molecule has 5 N–H and O–H groups in total. The molecule has 4 atom stereocenters. The molecular formula is C12H22O5. The zero-order valence-corrected chi connectivity index (χ0v) is 10.5. The molecule has 0 spiro atoms. The van der Waals surface area contributed by atoms with E-state index in [0.29, 0.717) is 5.57 Å². The first-order valence-corrected chi connectivity index (χ1v) is 5.73. The summed E-state index contributed by atoms with van der Waals surface area (Å²) in [6.07, 6.45) is -1.58. The van der Waals surface area contributed by atoms with Crippen LogP contribution in [0, 0.1) is 0 Å². The van der Waals surface area contributed by atoms with Crippen LogP contribution in [-0.4, -0.2) is 55.0 Å². The molecule has 5 heteroatoms. The van der Waals surface area contributed by atoms with Crippen LogP contribution in [0.4, 0.5) is 0 Å². The average molecular weight is 246 g/mol. The third kappa shape index (κ3) is 3.50. The summed E-state index contributed by atoms with van der Waals surface area (Å²) >= 11 is 0. The van der Waals surface area contributed by atoms with Crippen molar-refractivity contribution in [3.05, 3.63) is 11.6 Å². The maximum Gasteiger partial charge on any atom is 0.101 e. The standard InChI is InChI=1S/C12H22O5/c1-11(2,16)9(14)4-7-5-10(15)12(3,17)6-8(7)13/h5,8-10,13-17H,4,6H2,1-3H3. The van der Waals surface area contributed by atoms with Crippen LogP contribution < -0.4 is 0 Å². The van der Waals surface area contributed by atoms with E-state index in [2.05, 4.69) is 0 Å².